The highest BCUT2D eigenvalue weighted by atomic mass is 16.3. The highest BCUT2D eigenvalue weighted by Crippen LogP contribution is 1.72. The molecule has 8 heavy (non-hydrogen) atoms. The molecule has 1 N–H and O–H groups in total. The number of carbonyl (C=O) groups excluding carboxylic acids is 1. The van der Waals surface area contributed by atoms with Crippen LogP contribution in [0.15, 0.2) is 5.11 Å². The number of ketones is 1. The Labute approximate surface area is 45.6 Å². The lowest BCUT2D eigenvalue weighted by Crippen LogP contribution is -2.06. The lowest BCUT2D eigenvalue weighted by molar-refractivity contribution is -0.120. The van der Waals surface area contributed by atoms with Crippen LogP contribution in [0, 0.1) is 0 Å². The predicted molar refractivity (Wildman–Crippen MR) is 26.1 cm³/mol. The molecule has 0 spiro atoms. The van der Waals surface area contributed by atoms with Gasteiger partial charge in [-0.25, -0.2) is 0 Å². The van der Waals surface area contributed by atoms with Crippen LogP contribution in [-0.2, 0) is 4.79 Å². The summed E-state index contributed by atoms with van der Waals surface area (Å²) >= 11 is 0. The Morgan fingerprint density at radius 2 is 2.50 bits per heavy atom. The lowest BCUT2D eigenvalue weighted by atomic mass is 10.4. The first-order valence-corrected chi connectivity index (χ1v) is 1.94. The van der Waals surface area contributed by atoms with Crippen LogP contribution in [0.5, 0.6) is 0 Å². The van der Waals surface area contributed by atoms with Crippen LogP contribution >= 0.6 is 0 Å². The fraction of sp³-hybridized carbons (Fsp3) is 0.667. The van der Waals surface area contributed by atoms with Gasteiger partial charge in [0.1, 0.15) is 6.61 Å². The summed E-state index contributed by atoms with van der Waals surface area (Å²) in [6.45, 7) is -0.813. The maximum atomic E-state index is 10.1. The van der Waals surface area contributed by atoms with Crippen molar-refractivity contribution in [2.75, 3.05) is 13.2 Å². The van der Waals surface area contributed by atoms with E-state index >= 15 is 0 Å². The molecule has 0 rings (SSSR count). The number of hydrogen-bond donors (Lipinski definition) is 1. The highest BCUT2D eigenvalue weighted by molar-refractivity contribution is 5.81. The Hall–Kier alpha value is -1.06. The van der Waals surface area contributed by atoms with E-state index < -0.39 is 12.4 Å². The Kier molecular flexibility index (Phi) is 3.56. The van der Waals surface area contributed by atoms with Crippen molar-refractivity contribution in [3.63, 3.8) is 0 Å². The van der Waals surface area contributed by atoms with Crippen LogP contribution in [-0.4, -0.2) is 24.0 Å². The van der Waals surface area contributed by atoms with Gasteiger partial charge in [0.15, 0.2) is 5.78 Å². The Morgan fingerprint density at radius 3 is 2.88 bits per heavy atom. The molecular weight excluding hydrogens is 110 g/mol. The standard InChI is InChI=1S/C3H5N3O2/c4-6-5-1-3(8)2-7/h7H,1-2H2. The quantitative estimate of drug-likeness (QED) is 0.315. The lowest BCUT2D eigenvalue weighted by Gasteiger charge is -1.82. The molecule has 0 heterocycles. The van der Waals surface area contributed by atoms with Gasteiger partial charge in [-0.1, -0.05) is 5.11 Å². The molecule has 0 saturated carbocycles. The van der Waals surface area contributed by atoms with Gasteiger partial charge >= 0.3 is 0 Å². The molecule has 44 valence electrons. The molecule has 0 fully saturated rings. The van der Waals surface area contributed by atoms with Gasteiger partial charge in [0, 0.05) is 4.91 Å². The van der Waals surface area contributed by atoms with Gasteiger partial charge in [-0.05, 0) is 5.53 Å². The zero-order valence-electron chi connectivity index (χ0n) is 4.11. The molecule has 0 aromatic carbocycles. The minimum absolute atomic E-state index is 0.257. The zero-order valence-corrected chi connectivity index (χ0v) is 4.11. The van der Waals surface area contributed by atoms with Gasteiger partial charge < -0.3 is 5.11 Å². The van der Waals surface area contributed by atoms with Crippen molar-refractivity contribution < 1.29 is 9.90 Å². The molecule has 0 atom stereocenters. The molecule has 0 aromatic heterocycles. The van der Waals surface area contributed by atoms with Crippen LogP contribution in [0.1, 0.15) is 0 Å². The molecular formula is C3H5N3O2. The maximum absolute atomic E-state index is 10.1. The van der Waals surface area contributed by atoms with Gasteiger partial charge in [-0.15, -0.1) is 0 Å². The fourth-order valence-corrected chi connectivity index (χ4v) is 0.160. The summed E-state index contributed by atoms with van der Waals surface area (Å²) in [6.07, 6.45) is 0. The number of hydrogen-bond acceptors (Lipinski definition) is 3. The summed E-state index contributed by atoms with van der Waals surface area (Å²) in [5, 5.41) is 10.9. The summed E-state index contributed by atoms with van der Waals surface area (Å²) in [4.78, 5) is 12.4. The second-order valence-corrected chi connectivity index (χ2v) is 1.09. The van der Waals surface area contributed by atoms with Crippen molar-refractivity contribution in [2.45, 2.75) is 0 Å². The number of carbonyl (C=O) groups is 1. The number of azide groups is 1. The molecule has 0 unspecified atom stereocenters. The second-order valence-electron chi connectivity index (χ2n) is 1.09. The Balaban J connectivity index is 3.39. The summed E-state index contributed by atoms with van der Waals surface area (Å²) < 4.78 is 0. The monoisotopic (exact) mass is 115 g/mol. The first-order valence-electron chi connectivity index (χ1n) is 1.94. The number of Topliss-reactive ketones (excluding diaryl/α,β-unsaturated/α-hetero) is 1. The Morgan fingerprint density at radius 1 is 1.88 bits per heavy atom. The first-order chi connectivity index (χ1) is 3.81. The number of nitrogens with zero attached hydrogens (tertiary/aromatic N) is 3. The fourth-order valence-electron chi connectivity index (χ4n) is 0.160. The van der Waals surface area contributed by atoms with E-state index in [1.54, 1.807) is 0 Å². The molecule has 0 radical (unpaired) electrons. The van der Waals surface area contributed by atoms with E-state index in [0.29, 0.717) is 0 Å². The van der Waals surface area contributed by atoms with Gasteiger partial charge in [0.2, 0.25) is 0 Å². The van der Waals surface area contributed by atoms with E-state index in [1.807, 2.05) is 0 Å². The third-order valence-electron chi connectivity index (χ3n) is 0.487. The summed E-state index contributed by atoms with van der Waals surface area (Å²) in [5.41, 5.74) is 7.64. The van der Waals surface area contributed by atoms with Crippen LogP contribution in [0.3, 0.4) is 0 Å². The first kappa shape index (κ1) is 6.94. The SMILES string of the molecule is [N-]=[N+]=NCC(=O)CO. The van der Waals surface area contributed by atoms with Crippen molar-refractivity contribution >= 4 is 5.78 Å². The smallest absolute Gasteiger partial charge is 0.163 e. The van der Waals surface area contributed by atoms with Gasteiger partial charge in [0.25, 0.3) is 0 Å². The molecule has 0 saturated heterocycles. The minimum Gasteiger partial charge on any atom is -0.389 e. The number of rotatable bonds is 3. The third kappa shape index (κ3) is 3.14. The largest absolute Gasteiger partial charge is 0.389 e. The molecule has 5 heteroatoms. The van der Waals surface area contributed by atoms with Gasteiger partial charge in [-0.3, -0.25) is 4.79 Å². The maximum Gasteiger partial charge on any atom is 0.163 e. The summed E-state index contributed by atoms with van der Waals surface area (Å²) in [5.74, 6) is -0.470. The summed E-state index contributed by atoms with van der Waals surface area (Å²) in [6, 6.07) is 0. The van der Waals surface area contributed by atoms with E-state index in [2.05, 4.69) is 10.0 Å². The molecule has 0 amide bonds. The van der Waals surface area contributed by atoms with Crippen LogP contribution in [0.2, 0.25) is 0 Å². The Bertz CT molecular complexity index is 126. The topological polar surface area (TPSA) is 86.1 Å². The van der Waals surface area contributed by atoms with E-state index in [9.17, 15) is 4.79 Å². The normalized spacial score (nSPS) is 7.62. The molecule has 5 nitrogen and oxygen atoms in total. The molecule has 0 aliphatic carbocycles. The number of aliphatic hydroxyl groups excluding tert-OH is 1. The average Bonchev–Trinajstić information content (AvgIpc) is 1.83. The second kappa shape index (κ2) is 4.11. The molecule has 0 aliphatic heterocycles. The molecule has 0 aliphatic rings. The highest BCUT2D eigenvalue weighted by Gasteiger charge is 1.92. The van der Waals surface area contributed by atoms with Crippen molar-refractivity contribution in [2.24, 2.45) is 5.11 Å². The van der Waals surface area contributed by atoms with E-state index in [1.165, 1.54) is 0 Å². The zero-order chi connectivity index (χ0) is 6.41. The van der Waals surface area contributed by atoms with Gasteiger partial charge in [-0.2, -0.15) is 0 Å². The number of aliphatic hydroxyl groups is 1. The van der Waals surface area contributed by atoms with E-state index in [0.717, 1.165) is 0 Å². The third-order valence-corrected chi connectivity index (χ3v) is 0.487. The average molecular weight is 115 g/mol. The van der Waals surface area contributed by atoms with Crippen molar-refractivity contribution in [1.82, 2.24) is 0 Å². The van der Waals surface area contributed by atoms with E-state index in [4.69, 9.17) is 10.6 Å². The van der Waals surface area contributed by atoms with Crippen LogP contribution in [0.4, 0.5) is 0 Å². The minimum atomic E-state index is -0.557. The van der Waals surface area contributed by atoms with Crippen LogP contribution < -0.4 is 0 Å². The van der Waals surface area contributed by atoms with Crippen molar-refractivity contribution in [1.29, 1.82) is 0 Å². The van der Waals surface area contributed by atoms with Crippen LogP contribution in [0.25, 0.3) is 10.4 Å². The molecule has 0 bridgehead atoms. The molecule has 0 aromatic rings. The van der Waals surface area contributed by atoms with Crippen molar-refractivity contribution in [3.8, 4) is 0 Å². The van der Waals surface area contributed by atoms with Gasteiger partial charge in [0.05, 0.1) is 6.54 Å². The van der Waals surface area contributed by atoms with Crippen molar-refractivity contribution in [3.05, 3.63) is 10.4 Å². The predicted octanol–water partition coefficient (Wildman–Crippen LogP) is -0.142. The van der Waals surface area contributed by atoms with E-state index in [-0.39, 0.29) is 6.54 Å². The summed E-state index contributed by atoms with van der Waals surface area (Å²) in [7, 11) is 0.